The third kappa shape index (κ3) is 5.24. The summed E-state index contributed by atoms with van der Waals surface area (Å²) in [5, 5.41) is 0. The maximum atomic E-state index is 14.6. The number of piperidine rings is 1. The molecule has 0 radical (unpaired) electrons. The van der Waals surface area contributed by atoms with Crippen molar-refractivity contribution in [2.75, 3.05) is 19.6 Å². The largest absolute Gasteiger partial charge is 0.336 e. The van der Waals surface area contributed by atoms with Gasteiger partial charge in [0.1, 0.15) is 5.54 Å². The van der Waals surface area contributed by atoms with E-state index in [-0.39, 0.29) is 5.91 Å². The van der Waals surface area contributed by atoms with Gasteiger partial charge in [-0.25, -0.2) is 4.98 Å². The molecule has 5 nitrogen and oxygen atoms in total. The summed E-state index contributed by atoms with van der Waals surface area (Å²) in [6, 6.07) is 31.8. The fraction of sp³-hybridized carbons (Fsp3) is 0.389. The summed E-state index contributed by atoms with van der Waals surface area (Å²) in [6.45, 7) is 4.42. The topological polar surface area (TPSA) is 64.2 Å². The van der Waals surface area contributed by atoms with Crippen LogP contribution in [0.3, 0.4) is 0 Å². The number of imidazole rings is 1. The molecule has 41 heavy (non-hydrogen) atoms. The average Bonchev–Trinajstić information content (AvgIpc) is 3.84. The lowest BCUT2D eigenvalue weighted by Crippen LogP contribution is -2.44. The molecule has 6 rings (SSSR count). The van der Waals surface area contributed by atoms with Gasteiger partial charge in [-0.15, -0.1) is 0 Å². The first-order valence-electron chi connectivity index (χ1n) is 15.4. The highest BCUT2D eigenvalue weighted by atomic mass is 16.2. The first-order chi connectivity index (χ1) is 20.1. The van der Waals surface area contributed by atoms with E-state index in [9.17, 15) is 4.79 Å². The molecule has 0 unspecified atom stereocenters. The summed E-state index contributed by atoms with van der Waals surface area (Å²) in [5.41, 5.74) is 10.4. The van der Waals surface area contributed by atoms with Gasteiger partial charge in [-0.1, -0.05) is 91.0 Å². The lowest BCUT2D eigenvalue weighted by atomic mass is 9.76. The van der Waals surface area contributed by atoms with Gasteiger partial charge in [-0.3, -0.25) is 4.79 Å². The van der Waals surface area contributed by atoms with Crippen molar-refractivity contribution < 1.29 is 4.79 Å². The number of amides is 1. The Labute approximate surface area is 244 Å². The Morgan fingerprint density at radius 1 is 0.780 bits per heavy atom. The van der Waals surface area contributed by atoms with E-state index >= 15 is 0 Å². The molecule has 2 aliphatic rings. The summed E-state index contributed by atoms with van der Waals surface area (Å²) < 4.78 is 2.26. The minimum atomic E-state index is -0.774. The molecule has 212 valence electrons. The molecule has 1 aliphatic heterocycles. The summed E-state index contributed by atoms with van der Waals surface area (Å²) >= 11 is 0. The number of carbonyl (C=O) groups excluding carboxylic acids is 1. The molecule has 0 bridgehead atoms. The highest BCUT2D eigenvalue weighted by Crippen LogP contribution is 2.44. The SMILES string of the molecule is Cc1c(CCCCN)nc(C(=O)N2CCC(C3CC3)CC2)n1C(c1ccccc1)(c1ccccc1)c1ccccc1. The van der Waals surface area contributed by atoms with Crippen LogP contribution in [0.15, 0.2) is 91.0 Å². The second kappa shape index (κ2) is 12.0. The number of unbranched alkanes of at least 4 members (excludes halogenated alkanes) is 1. The number of hydrogen-bond donors (Lipinski definition) is 1. The van der Waals surface area contributed by atoms with Gasteiger partial charge in [-0.2, -0.15) is 0 Å². The smallest absolute Gasteiger partial charge is 0.289 e. The van der Waals surface area contributed by atoms with Gasteiger partial charge in [0.05, 0.1) is 5.69 Å². The number of benzene rings is 3. The Bertz CT molecular complexity index is 1340. The van der Waals surface area contributed by atoms with E-state index in [0.29, 0.717) is 12.4 Å². The number of hydrogen-bond acceptors (Lipinski definition) is 3. The van der Waals surface area contributed by atoms with Crippen LogP contribution in [0.5, 0.6) is 0 Å². The maximum absolute atomic E-state index is 14.6. The first kappa shape index (κ1) is 27.5. The van der Waals surface area contributed by atoms with Gasteiger partial charge >= 0.3 is 0 Å². The van der Waals surface area contributed by atoms with E-state index in [1.54, 1.807) is 0 Å². The van der Waals surface area contributed by atoms with Gasteiger partial charge in [0, 0.05) is 18.8 Å². The van der Waals surface area contributed by atoms with Crippen molar-refractivity contribution in [2.24, 2.45) is 17.6 Å². The Morgan fingerprint density at radius 2 is 1.27 bits per heavy atom. The molecule has 5 heteroatoms. The number of nitrogens with zero attached hydrogens (tertiary/aromatic N) is 3. The van der Waals surface area contributed by atoms with Crippen LogP contribution in [0.2, 0.25) is 0 Å². The van der Waals surface area contributed by atoms with E-state index in [1.807, 2.05) is 0 Å². The van der Waals surface area contributed by atoms with E-state index in [0.717, 1.165) is 85.1 Å². The fourth-order valence-corrected chi connectivity index (χ4v) is 6.98. The van der Waals surface area contributed by atoms with Crippen molar-refractivity contribution >= 4 is 5.91 Å². The number of aromatic nitrogens is 2. The van der Waals surface area contributed by atoms with E-state index in [4.69, 9.17) is 10.7 Å². The highest BCUT2D eigenvalue weighted by Gasteiger charge is 2.44. The Morgan fingerprint density at radius 3 is 1.73 bits per heavy atom. The Kier molecular flexibility index (Phi) is 8.06. The third-order valence-corrected chi connectivity index (χ3v) is 9.29. The number of nitrogens with two attached hydrogens (primary N) is 1. The van der Waals surface area contributed by atoms with Crippen molar-refractivity contribution in [2.45, 2.75) is 57.4 Å². The van der Waals surface area contributed by atoms with E-state index < -0.39 is 5.54 Å². The van der Waals surface area contributed by atoms with Crippen molar-refractivity contribution in [3.05, 3.63) is 125 Å². The van der Waals surface area contributed by atoms with Crippen LogP contribution in [0.4, 0.5) is 0 Å². The molecule has 1 aromatic heterocycles. The maximum Gasteiger partial charge on any atom is 0.289 e. The van der Waals surface area contributed by atoms with Crippen LogP contribution in [0.25, 0.3) is 0 Å². The minimum absolute atomic E-state index is 0.0413. The van der Waals surface area contributed by atoms with Gasteiger partial charge in [-0.05, 0) is 86.9 Å². The molecule has 1 amide bonds. The standard InChI is InChI=1S/C36H42N4O/c1-27-33(19-11-12-24-37)38-34(35(41)39-25-22-29(23-26-39)28-20-21-28)40(27)36(30-13-5-2-6-14-30,31-15-7-3-8-16-31)32-17-9-4-10-18-32/h2-10,13-18,28-29H,11-12,19-26,37H2,1H3. The highest BCUT2D eigenvalue weighted by molar-refractivity contribution is 5.91. The minimum Gasteiger partial charge on any atom is -0.336 e. The number of carbonyl (C=O) groups is 1. The molecule has 1 saturated heterocycles. The van der Waals surface area contributed by atoms with E-state index in [2.05, 4.69) is 107 Å². The zero-order chi connectivity index (χ0) is 28.2. The molecule has 2 fully saturated rings. The lowest BCUT2D eigenvalue weighted by Gasteiger charge is -2.40. The fourth-order valence-electron chi connectivity index (χ4n) is 6.98. The molecular formula is C36H42N4O. The zero-order valence-electron chi connectivity index (χ0n) is 24.2. The molecule has 1 saturated carbocycles. The van der Waals surface area contributed by atoms with Gasteiger partial charge in [0.25, 0.3) is 5.91 Å². The van der Waals surface area contributed by atoms with Crippen molar-refractivity contribution in [3.63, 3.8) is 0 Å². The number of rotatable bonds is 10. The lowest BCUT2D eigenvalue weighted by molar-refractivity contribution is 0.0659. The Balaban J connectivity index is 1.57. The van der Waals surface area contributed by atoms with Crippen LogP contribution < -0.4 is 5.73 Å². The quantitative estimate of drug-likeness (QED) is 0.181. The molecule has 1 aliphatic carbocycles. The first-order valence-corrected chi connectivity index (χ1v) is 15.4. The summed E-state index contributed by atoms with van der Waals surface area (Å²) in [7, 11) is 0. The predicted octanol–water partition coefficient (Wildman–Crippen LogP) is 6.58. The second-order valence-corrected chi connectivity index (χ2v) is 11.8. The molecule has 3 aromatic carbocycles. The molecule has 4 aromatic rings. The molecule has 2 heterocycles. The summed E-state index contributed by atoms with van der Waals surface area (Å²) in [4.78, 5) is 21.8. The molecule has 0 spiro atoms. The van der Waals surface area contributed by atoms with Gasteiger partial charge in [0.15, 0.2) is 0 Å². The van der Waals surface area contributed by atoms with Crippen LogP contribution in [-0.2, 0) is 12.0 Å². The number of aryl methyl sites for hydroxylation is 1. The summed E-state index contributed by atoms with van der Waals surface area (Å²) in [6.07, 6.45) is 7.61. The van der Waals surface area contributed by atoms with Crippen molar-refractivity contribution in [1.82, 2.24) is 14.5 Å². The van der Waals surface area contributed by atoms with Gasteiger partial charge in [0.2, 0.25) is 5.82 Å². The predicted molar refractivity (Wildman–Crippen MR) is 165 cm³/mol. The average molecular weight is 547 g/mol. The second-order valence-electron chi connectivity index (χ2n) is 11.8. The van der Waals surface area contributed by atoms with Crippen LogP contribution >= 0.6 is 0 Å². The third-order valence-electron chi connectivity index (χ3n) is 9.29. The normalized spacial score (nSPS) is 16.2. The van der Waals surface area contributed by atoms with E-state index in [1.165, 1.54) is 12.8 Å². The van der Waals surface area contributed by atoms with Crippen molar-refractivity contribution in [3.8, 4) is 0 Å². The summed E-state index contributed by atoms with van der Waals surface area (Å²) in [5.74, 6) is 2.23. The van der Waals surface area contributed by atoms with Crippen LogP contribution in [0.1, 0.15) is 77.2 Å². The Hall–Kier alpha value is -3.70. The monoisotopic (exact) mass is 546 g/mol. The van der Waals surface area contributed by atoms with Gasteiger partial charge < -0.3 is 15.2 Å². The molecule has 2 N–H and O–H groups in total. The zero-order valence-corrected chi connectivity index (χ0v) is 24.2. The van der Waals surface area contributed by atoms with Crippen LogP contribution in [-0.4, -0.2) is 40.0 Å². The number of likely N-dealkylation sites (tertiary alicyclic amines) is 1. The molecule has 0 atom stereocenters. The molecular weight excluding hydrogens is 504 g/mol. The van der Waals surface area contributed by atoms with Crippen molar-refractivity contribution in [1.29, 1.82) is 0 Å². The van der Waals surface area contributed by atoms with Crippen LogP contribution in [0, 0.1) is 18.8 Å².